The maximum Gasteiger partial charge on any atom is 0.182 e. The van der Waals surface area contributed by atoms with Crippen molar-refractivity contribution in [2.24, 2.45) is 0 Å². The highest BCUT2D eigenvalue weighted by molar-refractivity contribution is 6.01. The fourth-order valence-corrected chi connectivity index (χ4v) is 1.37. The SMILES string of the molecule is CCCC1=CC(=O)C=C(OC)C1O. The van der Waals surface area contributed by atoms with Crippen LogP contribution in [0.15, 0.2) is 23.5 Å². The van der Waals surface area contributed by atoms with Crippen LogP contribution in [-0.2, 0) is 9.53 Å². The second-order valence-electron chi connectivity index (χ2n) is 3.02. The molecule has 1 aliphatic carbocycles. The zero-order valence-electron chi connectivity index (χ0n) is 7.91. The van der Waals surface area contributed by atoms with E-state index in [2.05, 4.69) is 0 Å². The van der Waals surface area contributed by atoms with E-state index in [1.165, 1.54) is 19.3 Å². The van der Waals surface area contributed by atoms with Crippen LogP contribution in [0.5, 0.6) is 0 Å². The van der Waals surface area contributed by atoms with Crippen LogP contribution in [0, 0.1) is 0 Å². The first-order valence-electron chi connectivity index (χ1n) is 4.37. The molecule has 1 atom stereocenters. The summed E-state index contributed by atoms with van der Waals surface area (Å²) in [7, 11) is 1.46. The van der Waals surface area contributed by atoms with Crippen molar-refractivity contribution in [3.63, 3.8) is 0 Å². The molecule has 0 aromatic heterocycles. The van der Waals surface area contributed by atoms with Crippen LogP contribution in [0.2, 0.25) is 0 Å². The highest BCUT2D eigenvalue weighted by Crippen LogP contribution is 2.21. The molecule has 0 spiro atoms. The lowest BCUT2D eigenvalue weighted by molar-refractivity contribution is -0.111. The van der Waals surface area contributed by atoms with Crippen LogP contribution in [0.1, 0.15) is 19.8 Å². The molecule has 1 unspecified atom stereocenters. The number of ether oxygens (including phenoxy) is 1. The van der Waals surface area contributed by atoms with Gasteiger partial charge in [0.25, 0.3) is 0 Å². The summed E-state index contributed by atoms with van der Waals surface area (Å²) in [5.41, 5.74) is 0.742. The molecule has 1 rings (SSSR count). The van der Waals surface area contributed by atoms with Crippen molar-refractivity contribution < 1.29 is 14.6 Å². The summed E-state index contributed by atoms with van der Waals surface area (Å²) in [4.78, 5) is 11.1. The number of hydrogen-bond donors (Lipinski definition) is 1. The van der Waals surface area contributed by atoms with Crippen LogP contribution >= 0.6 is 0 Å². The number of aliphatic hydroxyl groups excluding tert-OH is 1. The van der Waals surface area contributed by atoms with Crippen molar-refractivity contribution >= 4 is 5.78 Å². The smallest absolute Gasteiger partial charge is 0.182 e. The van der Waals surface area contributed by atoms with Crippen molar-refractivity contribution in [2.45, 2.75) is 25.9 Å². The van der Waals surface area contributed by atoms with Crippen LogP contribution < -0.4 is 0 Å². The third-order valence-corrected chi connectivity index (χ3v) is 2.01. The van der Waals surface area contributed by atoms with Gasteiger partial charge in [0.1, 0.15) is 11.9 Å². The number of carbonyl (C=O) groups is 1. The summed E-state index contributed by atoms with van der Waals surface area (Å²) in [5, 5.41) is 9.66. The number of aliphatic hydroxyl groups is 1. The third kappa shape index (κ3) is 2.18. The molecular formula is C10H14O3. The Morgan fingerprint density at radius 3 is 2.77 bits per heavy atom. The van der Waals surface area contributed by atoms with Gasteiger partial charge in [0.15, 0.2) is 5.78 Å². The molecule has 13 heavy (non-hydrogen) atoms. The van der Waals surface area contributed by atoms with Gasteiger partial charge in [-0.1, -0.05) is 13.3 Å². The molecule has 0 amide bonds. The topological polar surface area (TPSA) is 46.5 Å². The predicted molar refractivity (Wildman–Crippen MR) is 49.1 cm³/mol. The van der Waals surface area contributed by atoms with E-state index in [1.807, 2.05) is 6.92 Å². The maximum atomic E-state index is 11.1. The minimum Gasteiger partial charge on any atom is -0.498 e. The van der Waals surface area contributed by atoms with E-state index in [0.29, 0.717) is 5.76 Å². The first-order valence-corrected chi connectivity index (χ1v) is 4.37. The largest absolute Gasteiger partial charge is 0.498 e. The van der Waals surface area contributed by atoms with E-state index in [-0.39, 0.29) is 5.78 Å². The lowest BCUT2D eigenvalue weighted by atomic mass is 9.97. The van der Waals surface area contributed by atoms with E-state index in [9.17, 15) is 9.90 Å². The fraction of sp³-hybridized carbons (Fsp3) is 0.500. The number of carbonyl (C=O) groups excluding carboxylic acids is 1. The Morgan fingerprint density at radius 1 is 1.54 bits per heavy atom. The molecule has 3 nitrogen and oxygen atoms in total. The van der Waals surface area contributed by atoms with Gasteiger partial charge >= 0.3 is 0 Å². The summed E-state index contributed by atoms with van der Waals surface area (Å²) in [6.07, 6.45) is 3.71. The number of ketones is 1. The predicted octanol–water partition coefficient (Wildman–Crippen LogP) is 1.19. The van der Waals surface area contributed by atoms with Gasteiger partial charge in [-0.05, 0) is 18.1 Å². The van der Waals surface area contributed by atoms with E-state index in [4.69, 9.17) is 4.74 Å². The molecule has 0 bridgehead atoms. The maximum absolute atomic E-state index is 11.1. The minimum atomic E-state index is -0.734. The van der Waals surface area contributed by atoms with Crippen molar-refractivity contribution in [2.75, 3.05) is 7.11 Å². The molecule has 3 heteroatoms. The second kappa shape index (κ2) is 4.23. The quantitative estimate of drug-likeness (QED) is 0.713. The standard InChI is InChI=1S/C10H14O3/c1-3-4-7-5-8(11)6-9(13-2)10(7)12/h5-6,10,12H,3-4H2,1-2H3. The van der Waals surface area contributed by atoms with Gasteiger partial charge in [0, 0.05) is 6.08 Å². The lowest BCUT2D eigenvalue weighted by Gasteiger charge is -2.19. The Kier molecular flexibility index (Phi) is 3.25. The van der Waals surface area contributed by atoms with E-state index < -0.39 is 6.10 Å². The molecule has 0 aliphatic heterocycles. The first-order chi connectivity index (χ1) is 6.19. The monoisotopic (exact) mass is 182 g/mol. The molecule has 0 heterocycles. The zero-order chi connectivity index (χ0) is 9.84. The summed E-state index contributed by atoms with van der Waals surface area (Å²) >= 11 is 0. The van der Waals surface area contributed by atoms with Crippen LogP contribution in [-0.4, -0.2) is 24.1 Å². The molecular weight excluding hydrogens is 168 g/mol. The Hall–Kier alpha value is -1.09. The average molecular weight is 182 g/mol. The number of methoxy groups -OCH3 is 1. The molecule has 0 saturated carbocycles. The molecule has 0 radical (unpaired) electrons. The summed E-state index contributed by atoms with van der Waals surface area (Å²) in [6, 6.07) is 0. The van der Waals surface area contributed by atoms with Gasteiger partial charge in [-0.2, -0.15) is 0 Å². The normalized spacial score (nSPS) is 22.4. The van der Waals surface area contributed by atoms with Gasteiger partial charge in [0.2, 0.25) is 0 Å². The fourth-order valence-electron chi connectivity index (χ4n) is 1.37. The van der Waals surface area contributed by atoms with E-state index in [0.717, 1.165) is 18.4 Å². The summed E-state index contributed by atoms with van der Waals surface area (Å²) in [5.74, 6) is 0.238. The highest BCUT2D eigenvalue weighted by Gasteiger charge is 2.21. The number of allylic oxidation sites excluding steroid dienone is 2. The lowest BCUT2D eigenvalue weighted by Crippen LogP contribution is -2.20. The van der Waals surface area contributed by atoms with E-state index in [1.54, 1.807) is 0 Å². The molecule has 0 aromatic rings. The van der Waals surface area contributed by atoms with Gasteiger partial charge in [-0.15, -0.1) is 0 Å². The average Bonchev–Trinajstić information content (AvgIpc) is 2.11. The van der Waals surface area contributed by atoms with Gasteiger partial charge < -0.3 is 9.84 Å². The van der Waals surface area contributed by atoms with Crippen molar-refractivity contribution in [1.82, 2.24) is 0 Å². The third-order valence-electron chi connectivity index (χ3n) is 2.01. The van der Waals surface area contributed by atoms with Crippen molar-refractivity contribution in [1.29, 1.82) is 0 Å². The van der Waals surface area contributed by atoms with Crippen LogP contribution in [0.3, 0.4) is 0 Å². The Bertz CT molecular complexity index is 263. The van der Waals surface area contributed by atoms with Crippen LogP contribution in [0.4, 0.5) is 0 Å². The molecule has 0 saturated heterocycles. The highest BCUT2D eigenvalue weighted by atomic mass is 16.5. The molecule has 0 fully saturated rings. The van der Waals surface area contributed by atoms with Crippen molar-refractivity contribution in [3.8, 4) is 0 Å². The Balaban J connectivity index is 2.82. The first kappa shape index (κ1) is 9.99. The second-order valence-corrected chi connectivity index (χ2v) is 3.02. The summed E-state index contributed by atoms with van der Waals surface area (Å²) < 4.78 is 4.90. The van der Waals surface area contributed by atoms with Crippen LogP contribution in [0.25, 0.3) is 0 Å². The Morgan fingerprint density at radius 2 is 2.23 bits per heavy atom. The Labute approximate surface area is 77.7 Å². The molecule has 0 aromatic carbocycles. The molecule has 72 valence electrons. The molecule has 1 aliphatic rings. The number of rotatable bonds is 3. The molecule has 1 N–H and O–H groups in total. The summed E-state index contributed by atoms with van der Waals surface area (Å²) in [6.45, 7) is 2.00. The van der Waals surface area contributed by atoms with Gasteiger partial charge in [-0.25, -0.2) is 0 Å². The van der Waals surface area contributed by atoms with Gasteiger partial charge in [-0.3, -0.25) is 4.79 Å². The number of hydrogen-bond acceptors (Lipinski definition) is 3. The zero-order valence-corrected chi connectivity index (χ0v) is 7.91. The minimum absolute atomic E-state index is 0.106. The van der Waals surface area contributed by atoms with Gasteiger partial charge in [0.05, 0.1) is 7.11 Å². The van der Waals surface area contributed by atoms with E-state index >= 15 is 0 Å². The van der Waals surface area contributed by atoms with Crippen molar-refractivity contribution in [3.05, 3.63) is 23.5 Å².